The number of aryl methyl sites for hydroxylation is 2. The van der Waals surface area contributed by atoms with E-state index in [-0.39, 0.29) is 0 Å². The van der Waals surface area contributed by atoms with Gasteiger partial charge in [0.15, 0.2) is 0 Å². The van der Waals surface area contributed by atoms with Crippen LogP contribution in [0.2, 0.25) is 18.6 Å². The normalized spacial score (nSPS) is 17.6. The summed E-state index contributed by atoms with van der Waals surface area (Å²) in [5, 5.41) is 11.6. The number of benzene rings is 1. The predicted octanol–water partition coefficient (Wildman–Crippen LogP) is 3.87. The molecule has 1 aromatic rings. The molecule has 0 unspecified atom stereocenters. The van der Waals surface area contributed by atoms with Crippen LogP contribution < -0.4 is 5.19 Å². The van der Waals surface area contributed by atoms with Crippen LogP contribution >= 0.6 is 0 Å². The van der Waals surface area contributed by atoms with Gasteiger partial charge in [-0.2, -0.15) is 0 Å². The Morgan fingerprint density at radius 2 is 1.71 bits per heavy atom. The van der Waals surface area contributed by atoms with E-state index in [1.54, 1.807) is 0 Å². The Balaban J connectivity index is 2.44. The summed E-state index contributed by atoms with van der Waals surface area (Å²) in [7, 11) is -1.50. The highest BCUT2D eigenvalue weighted by molar-refractivity contribution is 6.91. The number of rotatable bonds is 2. The van der Waals surface area contributed by atoms with Crippen molar-refractivity contribution in [1.82, 2.24) is 0 Å². The van der Waals surface area contributed by atoms with Gasteiger partial charge in [-0.05, 0) is 30.1 Å². The molecule has 1 aliphatic carbocycles. The second-order valence-corrected chi connectivity index (χ2v) is 11.0. The van der Waals surface area contributed by atoms with E-state index in [2.05, 4.69) is 32.2 Å². The van der Waals surface area contributed by atoms with Crippen LogP contribution in [-0.2, 0) is 0 Å². The topological polar surface area (TPSA) is 20.2 Å². The van der Waals surface area contributed by atoms with Crippen molar-refractivity contribution in [1.29, 1.82) is 0 Å². The van der Waals surface area contributed by atoms with Gasteiger partial charge >= 0.3 is 0 Å². The highest BCUT2D eigenvalue weighted by Crippen LogP contribution is 2.39. The van der Waals surface area contributed by atoms with E-state index >= 15 is 0 Å². The summed E-state index contributed by atoms with van der Waals surface area (Å²) in [5.41, 5.74) is 3.18. The van der Waals surface area contributed by atoms with Gasteiger partial charge in [0.05, 0.1) is 8.07 Å². The third-order valence-electron chi connectivity index (χ3n) is 4.51. The number of phenols is 1. The molecule has 1 nitrogen and oxygen atoms in total. The molecular weight excluding hydrogens is 224 g/mol. The van der Waals surface area contributed by atoms with Crippen LogP contribution in [-0.4, -0.2) is 13.2 Å². The van der Waals surface area contributed by atoms with Gasteiger partial charge in [0.2, 0.25) is 0 Å². The van der Waals surface area contributed by atoms with E-state index in [9.17, 15) is 5.11 Å². The summed E-state index contributed by atoms with van der Waals surface area (Å²) in [6, 6.07) is 4.31. The molecule has 2 heteroatoms. The van der Waals surface area contributed by atoms with Crippen LogP contribution in [0.25, 0.3) is 0 Å². The lowest BCUT2D eigenvalue weighted by Crippen LogP contribution is -2.45. The predicted molar refractivity (Wildman–Crippen MR) is 76.9 cm³/mol. The molecule has 1 fully saturated rings. The Hall–Kier alpha value is -0.763. The maximum absolute atomic E-state index is 10.4. The summed E-state index contributed by atoms with van der Waals surface area (Å²) >= 11 is 0. The quantitative estimate of drug-likeness (QED) is 0.788. The fourth-order valence-corrected chi connectivity index (χ4v) is 7.02. The number of aromatic hydroxyl groups is 1. The van der Waals surface area contributed by atoms with Crippen LogP contribution in [0.5, 0.6) is 5.75 Å². The number of hydrogen-bond acceptors (Lipinski definition) is 1. The molecule has 1 saturated carbocycles. The highest BCUT2D eigenvalue weighted by atomic mass is 28.3. The minimum absolute atomic E-state index is 0.569. The zero-order valence-corrected chi connectivity index (χ0v) is 12.5. The molecule has 0 radical (unpaired) electrons. The molecule has 0 bridgehead atoms. The zero-order chi connectivity index (χ0) is 12.6. The molecule has 1 N–H and O–H groups in total. The number of hydrogen-bond donors (Lipinski definition) is 1. The average molecular weight is 248 g/mol. The van der Waals surface area contributed by atoms with Crippen molar-refractivity contribution in [2.45, 2.75) is 58.2 Å². The Bertz CT molecular complexity index is 417. The molecule has 0 heterocycles. The van der Waals surface area contributed by atoms with Crippen LogP contribution in [0.1, 0.15) is 36.8 Å². The SMILES string of the molecule is Cc1cc(C)c(O)c([Si](C)(C)C2CCCC2)c1. The minimum atomic E-state index is -1.50. The average Bonchev–Trinajstić information content (AvgIpc) is 2.76. The first kappa shape index (κ1) is 12.7. The van der Waals surface area contributed by atoms with Gasteiger partial charge in [-0.1, -0.05) is 56.5 Å². The van der Waals surface area contributed by atoms with E-state index in [0.29, 0.717) is 5.75 Å². The summed E-state index contributed by atoms with van der Waals surface area (Å²) in [4.78, 5) is 0. The summed E-state index contributed by atoms with van der Waals surface area (Å²) in [6.45, 7) is 9.01. The maximum atomic E-state index is 10.4. The molecule has 1 aromatic carbocycles. The van der Waals surface area contributed by atoms with Crippen LogP contribution in [0, 0.1) is 13.8 Å². The third-order valence-corrected chi connectivity index (χ3v) is 8.90. The van der Waals surface area contributed by atoms with Crippen LogP contribution in [0.4, 0.5) is 0 Å². The van der Waals surface area contributed by atoms with Gasteiger partial charge in [0, 0.05) is 0 Å². The first-order valence-electron chi connectivity index (χ1n) is 6.73. The van der Waals surface area contributed by atoms with Gasteiger partial charge in [-0.3, -0.25) is 0 Å². The smallest absolute Gasteiger partial charge is 0.117 e. The Kier molecular flexibility index (Phi) is 3.35. The Labute approximate surface area is 106 Å². The lowest BCUT2D eigenvalue weighted by atomic mass is 10.1. The molecule has 1 aliphatic rings. The summed E-state index contributed by atoms with van der Waals surface area (Å²) in [5.74, 6) is 0.569. The standard InChI is InChI=1S/C15H24OSi/c1-11-9-12(2)15(16)14(10-11)17(3,4)13-7-5-6-8-13/h9-10,13,16H,5-8H2,1-4H3. The third kappa shape index (κ3) is 2.28. The van der Waals surface area contributed by atoms with Crippen molar-refractivity contribution in [3.05, 3.63) is 23.3 Å². The van der Waals surface area contributed by atoms with Crippen LogP contribution in [0.15, 0.2) is 12.1 Å². The first-order chi connectivity index (χ1) is 7.93. The van der Waals surface area contributed by atoms with Crippen molar-refractivity contribution in [2.75, 3.05) is 0 Å². The van der Waals surface area contributed by atoms with Crippen molar-refractivity contribution in [3.63, 3.8) is 0 Å². The Morgan fingerprint density at radius 1 is 1.12 bits per heavy atom. The molecule has 0 aliphatic heterocycles. The molecule has 2 rings (SSSR count). The lowest BCUT2D eigenvalue weighted by Gasteiger charge is -2.31. The van der Waals surface area contributed by atoms with Gasteiger partial charge in [0.25, 0.3) is 0 Å². The second kappa shape index (κ2) is 4.49. The molecule has 0 aromatic heterocycles. The van der Waals surface area contributed by atoms with Crippen LogP contribution in [0.3, 0.4) is 0 Å². The monoisotopic (exact) mass is 248 g/mol. The van der Waals surface area contributed by atoms with E-state index < -0.39 is 8.07 Å². The van der Waals surface area contributed by atoms with Crippen molar-refractivity contribution in [3.8, 4) is 5.75 Å². The largest absolute Gasteiger partial charge is 0.508 e. The molecule has 0 spiro atoms. The van der Waals surface area contributed by atoms with Crippen molar-refractivity contribution in [2.24, 2.45) is 0 Å². The number of phenolic OH excluding ortho intramolecular Hbond substituents is 1. The Morgan fingerprint density at radius 3 is 2.29 bits per heavy atom. The van der Waals surface area contributed by atoms with Gasteiger partial charge in [-0.15, -0.1) is 0 Å². The molecule has 94 valence electrons. The first-order valence-corrected chi connectivity index (χ1v) is 9.81. The molecule has 0 saturated heterocycles. The van der Waals surface area contributed by atoms with E-state index in [0.717, 1.165) is 11.1 Å². The molecule has 0 atom stereocenters. The van der Waals surface area contributed by atoms with E-state index in [1.807, 2.05) is 6.92 Å². The van der Waals surface area contributed by atoms with Gasteiger partial charge in [-0.25, -0.2) is 0 Å². The molecular formula is C15H24OSi. The molecule has 0 amide bonds. The zero-order valence-electron chi connectivity index (χ0n) is 11.5. The summed E-state index contributed by atoms with van der Waals surface area (Å²) < 4.78 is 0. The highest BCUT2D eigenvalue weighted by Gasteiger charge is 2.37. The van der Waals surface area contributed by atoms with Gasteiger partial charge < -0.3 is 5.11 Å². The van der Waals surface area contributed by atoms with Gasteiger partial charge in [0.1, 0.15) is 5.75 Å². The minimum Gasteiger partial charge on any atom is -0.508 e. The second-order valence-electron chi connectivity index (χ2n) is 6.18. The van der Waals surface area contributed by atoms with Crippen molar-refractivity contribution < 1.29 is 5.11 Å². The maximum Gasteiger partial charge on any atom is 0.117 e. The fraction of sp³-hybridized carbons (Fsp3) is 0.600. The summed E-state index contributed by atoms with van der Waals surface area (Å²) in [6.07, 6.45) is 5.50. The fourth-order valence-electron chi connectivity index (χ4n) is 3.32. The molecule has 17 heavy (non-hydrogen) atoms. The van der Waals surface area contributed by atoms with Crippen molar-refractivity contribution >= 4 is 13.3 Å². The van der Waals surface area contributed by atoms with E-state index in [4.69, 9.17) is 0 Å². The lowest BCUT2D eigenvalue weighted by molar-refractivity contribution is 0.474. The van der Waals surface area contributed by atoms with E-state index in [1.165, 1.54) is 36.4 Å².